The minimum atomic E-state index is -0.510. The van der Waals surface area contributed by atoms with Crippen LogP contribution in [0.15, 0.2) is 72.1 Å². The highest BCUT2D eigenvalue weighted by Gasteiger charge is 2.35. The average molecular weight is 407 g/mol. The number of nitrogens with one attached hydrogen (secondary N) is 1. The molecule has 0 aliphatic carbocycles. The van der Waals surface area contributed by atoms with Gasteiger partial charge in [0.25, 0.3) is 0 Å². The fourth-order valence-corrected chi connectivity index (χ4v) is 4.20. The number of likely N-dealkylation sites (tertiary alicyclic amines) is 1. The predicted octanol–water partition coefficient (Wildman–Crippen LogP) is 5.15. The SMILES string of the molecule is O=C(Nc1cccc(-c2cccs2)c1)C1CCCN1C(=O)OCc1ccccc1. The molecule has 29 heavy (non-hydrogen) atoms. The maximum absolute atomic E-state index is 12.8. The number of carbonyl (C=O) groups is 2. The van der Waals surface area contributed by atoms with E-state index in [0.717, 1.165) is 28.1 Å². The molecule has 0 spiro atoms. The summed E-state index contributed by atoms with van der Waals surface area (Å²) in [4.78, 5) is 28.0. The van der Waals surface area contributed by atoms with Gasteiger partial charge in [0.05, 0.1) is 0 Å². The summed E-state index contributed by atoms with van der Waals surface area (Å²) in [5.74, 6) is -0.178. The van der Waals surface area contributed by atoms with Crippen LogP contribution in [0.5, 0.6) is 0 Å². The molecule has 6 heteroatoms. The Balaban J connectivity index is 1.39. The monoisotopic (exact) mass is 406 g/mol. The smallest absolute Gasteiger partial charge is 0.410 e. The number of rotatable bonds is 5. The van der Waals surface area contributed by atoms with Crippen molar-refractivity contribution in [2.24, 2.45) is 0 Å². The quantitative estimate of drug-likeness (QED) is 0.637. The third-order valence-corrected chi connectivity index (χ3v) is 5.85. The lowest BCUT2D eigenvalue weighted by molar-refractivity contribution is -0.120. The van der Waals surface area contributed by atoms with Gasteiger partial charge in [-0.15, -0.1) is 11.3 Å². The van der Waals surface area contributed by atoms with Crippen LogP contribution in [0.2, 0.25) is 0 Å². The van der Waals surface area contributed by atoms with E-state index in [1.807, 2.05) is 72.1 Å². The molecule has 148 valence electrons. The predicted molar refractivity (Wildman–Crippen MR) is 115 cm³/mol. The van der Waals surface area contributed by atoms with E-state index in [1.165, 1.54) is 4.90 Å². The van der Waals surface area contributed by atoms with Crippen molar-refractivity contribution in [1.82, 2.24) is 4.90 Å². The van der Waals surface area contributed by atoms with Gasteiger partial charge in [0.1, 0.15) is 12.6 Å². The maximum atomic E-state index is 12.8. The highest BCUT2D eigenvalue weighted by atomic mass is 32.1. The summed E-state index contributed by atoms with van der Waals surface area (Å²) in [6.07, 6.45) is 0.976. The highest BCUT2D eigenvalue weighted by Crippen LogP contribution is 2.27. The molecule has 1 aromatic heterocycles. The van der Waals surface area contributed by atoms with Gasteiger partial charge >= 0.3 is 6.09 Å². The third kappa shape index (κ3) is 4.66. The van der Waals surface area contributed by atoms with Crippen LogP contribution in [-0.4, -0.2) is 29.5 Å². The van der Waals surface area contributed by atoms with Crippen LogP contribution in [0.25, 0.3) is 10.4 Å². The molecule has 4 rings (SSSR count). The number of ether oxygens (including phenoxy) is 1. The fraction of sp³-hybridized carbons (Fsp3) is 0.217. The Morgan fingerprint density at radius 2 is 1.93 bits per heavy atom. The van der Waals surface area contributed by atoms with Crippen molar-refractivity contribution in [2.45, 2.75) is 25.5 Å². The molecule has 5 nitrogen and oxygen atoms in total. The summed E-state index contributed by atoms with van der Waals surface area (Å²) >= 11 is 1.65. The first-order chi connectivity index (χ1) is 14.2. The lowest BCUT2D eigenvalue weighted by Gasteiger charge is -2.23. The zero-order chi connectivity index (χ0) is 20.1. The molecule has 1 unspecified atom stereocenters. The number of carbonyl (C=O) groups excluding carboxylic acids is 2. The highest BCUT2D eigenvalue weighted by molar-refractivity contribution is 7.13. The number of hydrogen-bond acceptors (Lipinski definition) is 4. The normalized spacial score (nSPS) is 15.9. The number of hydrogen-bond donors (Lipinski definition) is 1. The topological polar surface area (TPSA) is 58.6 Å². The first-order valence-electron chi connectivity index (χ1n) is 9.63. The molecule has 3 aromatic rings. The molecule has 1 aliphatic heterocycles. The van der Waals surface area contributed by atoms with E-state index >= 15 is 0 Å². The van der Waals surface area contributed by atoms with Crippen LogP contribution in [-0.2, 0) is 16.1 Å². The van der Waals surface area contributed by atoms with Crippen molar-refractivity contribution in [3.05, 3.63) is 77.7 Å². The summed E-state index contributed by atoms with van der Waals surface area (Å²) < 4.78 is 5.42. The Morgan fingerprint density at radius 1 is 1.07 bits per heavy atom. The molecular formula is C23H22N2O3S. The van der Waals surface area contributed by atoms with Crippen LogP contribution in [0.3, 0.4) is 0 Å². The van der Waals surface area contributed by atoms with Crippen molar-refractivity contribution in [2.75, 3.05) is 11.9 Å². The zero-order valence-corrected chi connectivity index (χ0v) is 16.7. The molecule has 1 fully saturated rings. The first-order valence-corrected chi connectivity index (χ1v) is 10.5. The third-order valence-electron chi connectivity index (χ3n) is 4.93. The zero-order valence-electron chi connectivity index (χ0n) is 15.9. The van der Waals surface area contributed by atoms with Crippen molar-refractivity contribution < 1.29 is 14.3 Å². The molecule has 1 aliphatic rings. The first kappa shape index (κ1) is 19.2. The minimum Gasteiger partial charge on any atom is -0.445 e. The summed E-state index contributed by atoms with van der Waals surface area (Å²) in [5, 5.41) is 4.99. The fourth-order valence-electron chi connectivity index (χ4n) is 3.48. The van der Waals surface area contributed by atoms with Gasteiger partial charge in [-0.25, -0.2) is 4.79 Å². The average Bonchev–Trinajstić information content (AvgIpc) is 3.45. The van der Waals surface area contributed by atoms with Gasteiger partial charge in [-0.3, -0.25) is 9.69 Å². The van der Waals surface area contributed by atoms with E-state index in [4.69, 9.17) is 4.74 Å². The maximum Gasteiger partial charge on any atom is 0.410 e. The van der Waals surface area contributed by atoms with E-state index in [1.54, 1.807) is 11.3 Å². The minimum absolute atomic E-state index is 0.178. The molecule has 1 N–H and O–H groups in total. The van der Waals surface area contributed by atoms with E-state index in [2.05, 4.69) is 5.32 Å². The van der Waals surface area contributed by atoms with Gasteiger partial charge in [0, 0.05) is 17.1 Å². The molecule has 0 saturated carbocycles. The van der Waals surface area contributed by atoms with Gasteiger partial charge in [-0.1, -0.05) is 48.5 Å². The van der Waals surface area contributed by atoms with Gasteiger partial charge in [-0.2, -0.15) is 0 Å². The summed E-state index contributed by atoms with van der Waals surface area (Å²) in [6.45, 7) is 0.730. The summed E-state index contributed by atoms with van der Waals surface area (Å²) in [6, 6.07) is 20.8. The number of amides is 2. The van der Waals surface area contributed by atoms with Crippen LogP contribution in [0, 0.1) is 0 Å². The molecule has 0 bridgehead atoms. The Kier molecular flexibility index (Phi) is 5.91. The van der Waals surface area contributed by atoms with Crippen LogP contribution >= 0.6 is 11.3 Å². The number of anilines is 1. The van der Waals surface area contributed by atoms with Crippen molar-refractivity contribution in [3.8, 4) is 10.4 Å². The second-order valence-corrected chi connectivity index (χ2v) is 7.89. The Bertz CT molecular complexity index is 973. The second-order valence-electron chi connectivity index (χ2n) is 6.94. The number of thiophene rings is 1. The van der Waals surface area contributed by atoms with Gasteiger partial charge in [-0.05, 0) is 47.5 Å². The van der Waals surface area contributed by atoms with Gasteiger partial charge < -0.3 is 10.1 Å². The summed E-state index contributed by atoms with van der Waals surface area (Å²) in [7, 11) is 0. The number of benzene rings is 2. The van der Waals surface area contributed by atoms with Crippen LogP contribution in [0.4, 0.5) is 10.5 Å². The van der Waals surface area contributed by atoms with Crippen molar-refractivity contribution >= 4 is 29.0 Å². The van der Waals surface area contributed by atoms with Crippen molar-refractivity contribution in [1.29, 1.82) is 0 Å². The second kappa shape index (κ2) is 8.92. The molecular weight excluding hydrogens is 384 g/mol. The Morgan fingerprint density at radius 3 is 2.72 bits per heavy atom. The van der Waals surface area contributed by atoms with E-state index in [0.29, 0.717) is 13.0 Å². The lowest BCUT2D eigenvalue weighted by Crippen LogP contribution is -2.43. The Hall–Kier alpha value is -3.12. The Labute approximate surface area is 173 Å². The molecule has 2 amide bonds. The largest absolute Gasteiger partial charge is 0.445 e. The van der Waals surface area contributed by atoms with Crippen LogP contribution < -0.4 is 5.32 Å². The van der Waals surface area contributed by atoms with E-state index in [9.17, 15) is 9.59 Å². The van der Waals surface area contributed by atoms with E-state index < -0.39 is 12.1 Å². The van der Waals surface area contributed by atoms with E-state index in [-0.39, 0.29) is 12.5 Å². The number of nitrogens with zero attached hydrogens (tertiary/aromatic N) is 1. The van der Waals surface area contributed by atoms with Crippen molar-refractivity contribution in [3.63, 3.8) is 0 Å². The van der Waals surface area contributed by atoms with Crippen LogP contribution in [0.1, 0.15) is 18.4 Å². The molecule has 1 atom stereocenters. The molecule has 0 radical (unpaired) electrons. The van der Waals surface area contributed by atoms with Gasteiger partial charge in [0.2, 0.25) is 5.91 Å². The standard InChI is InChI=1S/C23H22N2O3S/c26-22(24-19-10-4-9-18(15-19)21-12-6-14-29-21)20-11-5-13-25(20)23(27)28-16-17-7-2-1-3-8-17/h1-4,6-10,12,14-15,20H,5,11,13,16H2,(H,24,26). The molecule has 2 heterocycles. The lowest BCUT2D eigenvalue weighted by atomic mass is 10.1. The summed E-state index contributed by atoms with van der Waals surface area (Å²) in [5.41, 5.74) is 2.71. The molecule has 1 saturated heterocycles. The molecule has 2 aromatic carbocycles. The van der Waals surface area contributed by atoms with Gasteiger partial charge in [0.15, 0.2) is 0 Å².